The average molecular weight is 344 g/mol. The SMILES string of the molecule is C[C@@H](OC(=O)CC1CCCC1)C(=O)Nc1ccc(Cl)cc1Cl. The standard InChI is InChI=1S/C16H19Cl2NO3/c1-10(22-15(20)8-11-4-2-3-5-11)16(21)19-14-7-6-12(17)9-13(14)18/h6-7,9-11H,2-5,8H2,1H3,(H,19,21)/t10-/m1/s1. The van der Waals surface area contributed by atoms with E-state index in [1.165, 1.54) is 18.9 Å². The van der Waals surface area contributed by atoms with Crippen molar-refractivity contribution in [3.63, 3.8) is 0 Å². The lowest BCUT2D eigenvalue weighted by Gasteiger charge is -2.15. The van der Waals surface area contributed by atoms with Gasteiger partial charge in [-0.15, -0.1) is 0 Å². The lowest BCUT2D eigenvalue weighted by Crippen LogP contribution is -2.30. The van der Waals surface area contributed by atoms with Crippen LogP contribution in [-0.4, -0.2) is 18.0 Å². The first-order valence-electron chi connectivity index (χ1n) is 7.41. The molecule has 1 saturated carbocycles. The van der Waals surface area contributed by atoms with Gasteiger partial charge in [-0.1, -0.05) is 36.0 Å². The van der Waals surface area contributed by atoms with Crippen LogP contribution in [0.4, 0.5) is 5.69 Å². The van der Waals surface area contributed by atoms with Crippen molar-refractivity contribution < 1.29 is 14.3 Å². The molecule has 1 aliphatic carbocycles. The van der Waals surface area contributed by atoms with Crippen LogP contribution >= 0.6 is 23.2 Å². The molecule has 1 fully saturated rings. The third-order valence-electron chi connectivity index (χ3n) is 3.80. The van der Waals surface area contributed by atoms with E-state index in [0.717, 1.165) is 12.8 Å². The van der Waals surface area contributed by atoms with Gasteiger partial charge in [0, 0.05) is 11.4 Å². The minimum absolute atomic E-state index is 0.322. The fourth-order valence-corrected chi connectivity index (χ4v) is 3.03. The Balaban J connectivity index is 1.84. The molecule has 0 heterocycles. The topological polar surface area (TPSA) is 55.4 Å². The Morgan fingerprint density at radius 3 is 2.64 bits per heavy atom. The van der Waals surface area contributed by atoms with Gasteiger partial charge in [-0.05, 0) is 43.9 Å². The van der Waals surface area contributed by atoms with E-state index in [1.54, 1.807) is 19.1 Å². The Bertz CT molecular complexity index is 556. The summed E-state index contributed by atoms with van der Waals surface area (Å²) in [4.78, 5) is 23.9. The van der Waals surface area contributed by atoms with Gasteiger partial charge in [-0.25, -0.2) is 0 Å². The molecule has 1 amide bonds. The van der Waals surface area contributed by atoms with Gasteiger partial charge in [0.05, 0.1) is 10.7 Å². The predicted octanol–water partition coefficient (Wildman–Crippen LogP) is 4.44. The Morgan fingerprint density at radius 1 is 1.32 bits per heavy atom. The number of benzene rings is 1. The van der Waals surface area contributed by atoms with Crippen LogP contribution in [0.5, 0.6) is 0 Å². The fourth-order valence-electron chi connectivity index (χ4n) is 2.57. The van der Waals surface area contributed by atoms with Crippen LogP contribution in [0.1, 0.15) is 39.0 Å². The van der Waals surface area contributed by atoms with E-state index in [9.17, 15) is 9.59 Å². The molecule has 0 unspecified atom stereocenters. The van der Waals surface area contributed by atoms with Crippen molar-refractivity contribution in [2.45, 2.75) is 45.1 Å². The van der Waals surface area contributed by atoms with E-state index in [4.69, 9.17) is 27.9 Å². The van der Waals surface area contributed by atoms with Gasteiger partial charge >= 0.3 is 5.97 Å². The molecular weight excluding hydrogens is 325 g/mol. The smallest absolute Gasteiger partial charge is 0.306 e. The van der Waals surface area contributed by atoms with Crippen molar-refractivity contribution >= 4 is 40.8 Å². The van der Waals surface area contributed by atoms with Crippen LogP contribution in [-0.2, 0) is 14.3 Å². The zero-order valence-electron chi connectivity index (χ0n) is 12.4. The number of anilines is 1. The predicted molar refractivity (Wildman–Crippen MR) is 87.2 cm³/mol. The maximum atomic E-state index is 12.0. The number of carbonyl (C=O) groups excluding carboxylic acids is 2. The first-order chi connectivity index (χ1) is 10.5. The third kappa shape index (κ3) is 4.89. The molecule has 0 aliphatic heterocycles. The Hall–Kier alpha value is -1.26. The molecule has 1 N–H and O–H groups in total. The minimum Gasteiger partial charge on any atom is -0.453 e. The van der Waals surface area contributed by atoms with E-state index in [2.05, 4.69) is 5.32 Å². The summed E-state index contributed by atoms with van der Waals surface area (Å²) in [5, 5.41) is 3.45. The van der Waals surface area contributed by atoms with Gasteiger partial charge in [0.25, 0.3) is 5.91 Å². The van der Waals surface area contributed by atoms with Gasteiger partial charge < -0.3 is 10.1 Å². The second-order valence-corrected chi connectivity index (χ2v) is 6.44. The lowest BCUT2D eigenvalue weighted by atomic mass is 10.0. The number of hydrogen-bond acceptors (Lipinski definition) is 3. The lowest BCUT2D eigenvalue weighted by molar-refractivity contribution is -0.154. The van der Waals surface area contributed by atoms with E-state index in [0.29, 0.717) is 28.1 Å². The number of esters is 1. The van der Waals surface area contributed by atoms with Gasteiger partial charge in [0.2, 0.25) is 0 Å². The van der Waals surface area contributed by atoms with Crippen LogP contribution in [0.3, 0.4) is 0 Å². The monoisotopic (exact) mass is 343 g/mol. The number of amides is 1. The summed E-state index contributed by atoms with van der Waals surface area (Å²) in [5.41, 5.74) is 0.440. The van der Waals surface area contributed by atoms with Crippen molar-refractivity contribution in [3.05, 3.63) is 28.2 Å². The minimum atomic E-state index is -0.861. The first kappa shape index (κ1) is 17.1. The molecule has 0 bridgehead atoms. The summed E-state index contributed by atoms with van der Waals surface area (Å²) in [6.07, 6.45) is 4.00. The second-order valence-electron chi connectivity index (χ2n) is 5.60. The van der Waals surface area contributed by atoms with Crippen LogP contribution in [0.25, 0.3) is 0 Å². The van der Waals surface area contributed by atoms with E-state index in [1.807, 2.05) is 0 Å². The van der Waals surface area contributed by atoms with Crippen molar-refractivity contribution in [3.8, 4) is 0 Å². The number of hydrogen-bond donors (Lipinski definition) is 1. The summed E-state index contributed by atoms with van der Waals surface area (Å²) >= 11 is 11.8. The highest BCUT2D eigenvalue weighted by Crippen LogP contribution is 2.28. The van der Waals surface area contributed by atoms with Crippen molar-refractivity contribution in [1.29, 1.82) is 0 Å². The summed E-state index contributed by atoms with van der Waals surface area (Å²) < 4.78 is 5.19. The molecule has 1 atom stereocenters. The zero-order chi connectivity index (χ0) is 16.1. The Morgan fingerprint density at radius 2 is 2.00 bits per heavy atom. The van der Waals surface area contributed by atoms with Crippen LogP contribution in [0, 0.1) is 5.92 Å². The van der Waals surface area contributed by atoms with Gasteiger partial charge in [0.15, 0.2) is 6.10 Å². The molecule has 2 rings (SSSR count). The molecule has 0 aromatic heterocycles. The summed E-state index contributed by atoms with van der Waals surface area (Å²) in [7, 11) is 0. The van der Waals surface area contributed by atoms with Crippen LogP contribution < -0.4 is 5.32 Å². The fraction of sp³-hybridized carbons (Fsp3) is 0.500. The van der Waals surface area contributed by atoms with E-state index >= 15 is 0 Å². The number of ether oxygens (including phenoxy) is 1. The number of rotatable bonds is 5. The van der Waals surface area contributed by atoms with Crippen molar-refractivity contribution in [1.82, 2.24) is 0 Å². The maximum absolute atomic E-state index is 12.0. The third-order valence-corrected chi connectivity index (χ3v) is 4.34. The molecule has 4 nitrogen and oxygen atoms in total. The molecule has 0 saturated heterocycles. The Labute approximate surface area is 140 Å². The highest BCUT2D eigenvalue weighted by Gasteiger charge is 2.23. The second kappa shape index (κ2) is 7.84. The van der Waals surface area contributed by atoms with Crippen molar-refractivity contribution in [2.75, 3.05) is 5.32 Å². The highest BCUT2D eigenvalue weighted by atomic mass is 35.5. The number of halogens is 2. The quantitative estimate of drug-likeness (QED) is 0.803. The number of nitrogens with one attached hydrogen (secondary N) is 1. The summed E-state index contributed by atoms with van der Waals surface area (Å²) in [5.74, 6) is -0.339. The molecular formula is C16H19Cl2NO3. The molecule has 22 heavy (non-hydrogen) atoms. The molecule has 0 radical (unpaired) electrons. The highest BCUT2D eigenvalue weighted by molar-refractivity contribution is 6.36. The normalized spacial score (nSPS) is 16.3. The molecule has 1 aromatic rings. The van der Waals surface area contributed by atoms with Gasteiger partial charge in [0.1, 0.15) is 0 Å². The summed E-state index contributed by atoms with van der Waals surface area (Å²) in [6.45, 7) is 1.55. The first-order valence-corrected chi connectivity index (χ1v) is 8.16. The Kier molecular flexibility index (Phi) is 6.09. The average Bonchev–Trinajstić information content (AvgIpc) is 2.94. The number of carbonyl (C=O) groups is 2. The van der Waals surface area contributed by atoms with Crippen LogP contribution in [0.2, 0.25) is 10.0 Å². The zero-order valence-corrected chi connectivity index (χ0v) is 13.9. The van der Waals surface area contributed by atoms with E-state index in [-0.39, 0.29) is 5.97 Å². The summed E-state index contributed by atoms with van der Waals surface area (Å²) in [6, 6.07) is 4.77. The molecule has 0 spiro atoms. The maximum Gasteiger partial charge on any atom is 0.306 e. The van der Waals surface area contributed by atoms with E-state index < -0.39 is 12.0 Å². The van der Waals surface area contributed by atoms with Crippen LogP contribution in [0.15, 0.2) is 18.2 Å². The van der Waals surface area contributed by atoms with Gasteiger partial charge in [-0.3, -0.25) is 9.59 Å². The molecule has 120 valence electrons. The van der Waals surface area contributed by atoms with Gasteiger partial charge in [-0.2, -0.15) is 0 Å². The largest absolute Gasteiger partial charge is 0.453 e. The molecule has 1 aromatic carbocycles. The molecule has 6 heteroatoms. The molecule has 1 aliphatic rings. The van der Waals surface area contributed by atoms with Crippen molar-refractivity contribution in [2.24, 2.45) is 5.92 Å².